The molecule has 0 spiro atoms. The predicted octanol–water partition coefficient (Wildman–Crippen LogP) is 5.21. The van der Waals surface area contributed by atoms with Gasteiger partial charge in [0.15, 0.2) is 0 Å². The number of nitrogens with one attached hydrogen (secondary N) is 1. The second-order valence-corrected chi connectivity index (χ2v) is 6.80. The van der Waals surface area contributed by atoms with Gasteiger partial charge in [-0.2, -0.15) is 5.26 Å². The number of amides is 1. The summed E-state index contributed by atoms with van der Waals surface area (Å²) in [7, 11) is 2.96. The molecule has 27 heavy (non-hydrogen) atoms. The Kier molecular flexibility index (Phi) is 6.97. The zero-order valence-electron chi connectivity index (χ0n) is 14.3. The Balaban J connectivity index is 2.55. The van der Waals surface area contributed by atoms with Gasteiger partial charge >= 0.3 is 0 Å². The van der Waals surface area contributed by atoms with Crippen molar-refractivity contribution in [3.8, 4) is 17.6 Å². The number of hydrogen-bond donors (Lipinski definition) is 1. The van der Waals surface area contributed by atoms with E-state index in [2.05, 4.69) is 27.9 Å². The number of rotatable bonds is 6. The number of ether oxygens (including phenoxy) is 2. The van der Waals surface area contributed by atoms with Gasteiger partial charge in [0.05, 0.1) is 40.1 Å². The molecule has 0 saturated heterocycles. The van der Waals surface area contributed by atoms with Crippen molar-refractivity contribution in [1.29, 1.82) is 5.26 Å². The third-order valence-electron chi connectivity index (χ3n) is 3.45. The lowest BCUT2D eigenvalue weighted by molar-refractivity contribution is -0.114. The summed E-state index contributed by atoms with van der Waals surface area (Å²) < 4.78 is 11.2. The molecule has 0 aromatic heterocycles. The van der Waals surface area contributed by atoms with Crippen LogP contribution in [0.2, 0.25) is 10.0 Å². The molecule has 0 fully saturated rings. The van der Waals surface area contributed by atoms with E-state index in [1.807, 2.05) is 0 Å². The van der Waals surface area contributed by atoms with Crippen molar-refractivity contribution in [3.05, 3.63) is 57.0 Å². The number of methoxy groups -OCH3 is 2. The van der Waals surface area contributed by atoms with Crippen LogP contribution < -0.4 is 19.9 Å². The van der Waals surface area contributed by atoms with Gasteiger partial charge in [-0.3, -0.25) is 10.2 Å². The van der Waals surface area contributed by atoms with Gasteiger partial charge in [0, 0.05) is 12.1 Å². The molecule has 2 aromatic carbocycles. The molecule has 0 radical (unpaired) electrons. The first-order valence-electron chi connectivity index (χ1n) is 7.39. The second-order valence-electron chi connectivity index (χ2n) is 5.13. The van der Waals surface area contributed by atoms with Crippen LogP contribution in [0.25, 0.3) is 0 Å². The van der Waals surface area contributed by atoms with Crippen LogP contribution >= 0.6 is 39.1 Å². The molecule has 0 atom stereocenters. The summed E-state index contributed by atoms with van der Waals surface area (Å²) in [6.07, 6.45) is 0. The predicted molar refractivity (Wildman–Crippen MR) is 110 cm³/mol. The lowest BCUT2D eigenvalue weighted by Gasteiger charge is -2.26. The van der Waals surface area contributed by atoms with E-state index in [9.17, 15) is 4.79 Å². The van der Waals surface area contributed by atoms with E-state index >= 15 is 0 Å². The molecule has 1 amide bonds. The quantitative estimate of drug-likeness (QED) is 0.356. The van der Waals surface area contributed by atoms with Gasteiger partial charge in [-0.25, -0.2) is 5.01 Å². The zero-order valence-corrected chi connectivity index (χ0v) is 17.4. The van der Waals surface area contributed by atoms with Gasteiger partial charge in [-0.15, -0.1) is 0 Å². The Hall–Kier alpha value is -2.40. The molecule has 0 bridgehead atoms. The maximum absolute atomic E-state index is 12.7. The summed E-state index contributed by atoms with van der Waals surface area (Å²) in [5, 5.41) is 10.6. The Morgan fingerprint density at radius 1 is 1.19 bits per heavy atom. The molecule has 0 aliphatic rings. The standard InChI is InChI=1S/C18H14BrCl2N3O3/c1-10(9-22)18(25)24(15-8-17(27-3)14(21)7-13(15)20)23-11-4-5-12(19)16(6-11)26-2/h4-8,23H,1H2,2-3H3. The third kappa shape index (κ3) is 4.66. The normalized spacial score (nSPS) is 9.93. The van der Waals surface area contributed by atoms with Gasteiger partial charge in [0.25, 0.3) is 5.91 Å². The van der Waals surface area contributed by atoms with Crippen molar-refractivity contribution in [1.82, 2.24) is 0 Å². The summed E-state index contributed by atoms with van der Waals surface area (Å²) in [6.45, 7) is 3.47. The number of nitrogens with zero attached hydrogens (tertiary/aromatic N) is 2. The Labute approximate surface area is 175 Å². The highest BCUT2D eigenvalue weighted by molar-refractivity contribution is 9.10. The second kappa shape index (κ2) is 9.00. The highest BCUT2D eigenvalue weighted by Crippen LogP contribution is 2.37. The van der Waals surface area contributed by atoms with Crippen LogP contribution in [-0.2, 0) is 4.79 Å². The monoisotopic (exact) mass is 469 g/mol. The van der Waals surface area contributed by atoms with Gasteiger partial charge in [0.1, 0.15) is 23.1 Å². The Morgan fingerprint density at radius 2 is 1.85 bits per heavy atom. The first-order valence-corrected chi connectivity index (χ1v) is 8.94. The smallest absolute Gasteiger partial charge is 0.287 e. The molecule has 0 heterocycles. The lowest BCUT2D eigenvalue weighted by Crippen LogP contribution is -2.37. The van der Waals surface area contributed by atoms with E-state index in [0.717, 1.165) is 9.48 Å². The van der Waals surface area contributed by atoms with Crippen molar-refractivity contribution >= 4 is 56.4 Å². The van der Waals surface area contributed by atoms with Crippen LogP contribution in [-0.4, -0.2) is 20.1 Å². The van der Waals surface area contributed by atoms with Crippen LogP contribution in [0.4, 0.5) is 11.4 Å². The molecule has 0 aliphatic carbocycles. The third-order valence-corrected chi connectivity index (χ3v) is 4.70. The summed E-state index contributed by atoms with van der Waals surface area (Å²) in [6, 6.07) is 9.78. The minimum Gasteiger partial charge on any atom is -0.495 e. The maximum Gasteiger partial charge on any atom is 0.287 e. The number of hydrogen-bond acceptors (Lipinski definition) is 5. The molecule has 140 valence electrons. The van der Waals surface area contributed by atoms with Crippen LogP contribution in [0.15, 0.2) is 47.0 Å². The minimum atomic E-state index is -0.689. The van der Waals surface area contributed by atoms with Gasteiger partial charge < -0.3 is 9.47 Å². The fourth-order valence-corrected chi connectivity index (χ4v) is 3.06. The van der Waals surface area contributed by atoms with Crippen LogP contribution in [0.3, 0.4) is 0 Å². The lowest BCUT2D eigenvalue weighted by atomic mass is 10.2. The van der Waals surface area contributed by atoms with Crippen molar-refractivity contribution in [3.63, 3.8) is 0 Å². The van der Waals surface area contributed by atoms with E-state index in [-0.39, 0.29) is 21.3 Å². The van der Waals surface area contributed by atoms with Gasteiger partial charge in [-0.1, -0.05) is 29.8 Å². The fourth-order valence-electron chi connectivity index (χ4n) is 2.11. The molecule has 2 aromatic rings. The molecular weight excluding hydrogens is 457 g/mol. The average molecular weight is 471 g/mol. The number of nitriles is 1. The first-order chi connectivity index (χ1) is 12.8. The van der Waals surface area contributed by atoms with Crippen molar-refractivity contribution < 1.29 is 14.3 Å². The SMILES string of the molecule is C=C(C#N)C(=O)N(Nc1ccc(Br)c(OC)c1)c1cc(OC)c(Cl)cc1Cl. The zero-order chi connectivity index (χ0) is 20.1. The van der Waals surface area contributed by atoms with E-state index in [4.69, 9.17) is 37.9 Å². The van der Waals surface area contributed by atoms with E-state index in [1.54, 1.807) is 24.3 Å². The first kappa shape index (κ1) is 20.9. The highest BCUT2D eigenvalue weighted by atomic mass is 79.9. The topological polar surface area (TPSA) is 74.6 Å². The molecule has 2 rings (SSSR count). The summed E-state index contributed by atoms with van der Waals surface area (Å²) in [5.74, 6) is 0.170. The van der Waals surface area contributed by atoms with Crippen molar-refractivity contribution in [2.45, 2.75) is 0 Å². The Morgan fingerprint density at radius 3 is 2.44 bits per heavy atom. The number of carbonyl (C=O) groups excluding carboxylic acids is 1. The van der Waals surface area contributed by atoms with E-state index in [0.29, 0.717) is 17.2 Å². The molecule has 0 unspecified atom stereocenters. The van der Waals surface area contributed by atoms with E-state index < -0.39 is 5.91 Å². The number of carbonyl (C=O) groups is 1. The van der Waals surface area contributed by atoms with Crippen molar-refractivity contribution in [2.24, 2.45) is 0 Å². The van der Waals surface area contributed by atoms with Gasteiger partial charge in [-0.05, 0) is 34.1 Å². The molecule has 1 N–H and O–H groups in total. The number of benzene rings is 2. The van der Waals surface area contributed by atoms with Crippen LogP contribution in [0.5, 0.6) is 11.5 Å². The summed E-state index contributed by atoms with van der Waals surface area (Å²) >= 11 is 15.7. The fraction of sp³-hybridized carbons (Fsp3) is 0.111. The maximum atomic E-state index is 12.7. The number of anilines is 2. The summed E-state index contributed by atoms with van der Waals surface area (Å²) in [4.78, 5) is 12.7. The molecule has 6 nitrogen and oxygen atoms in total. The van der Waals surface area contributed by atoms with Crippen LogP contribution in [0.1, 0.15) is 0 Å². The molecule has 9 heteroatoms. The summed E-state index contributed by atoms with van der Waals surface area (Å²) in [5.41, 5.74) is 3.38. The molecule has 0 aliphatic heterocycles. The van der Waals surface area contributed by atoms with E-state index in [1.165, 1.54) is 26.4 Å². The average Bonchev–Trinajstić information content (AvgIpc) is 2.66. The molecule has 0 saturated carbocycles. The Bertz CT molecular complexity index is 944. The number of halogens is 3. The largest absolute Gasteiger partial charge is 0.495 e. The van der Waals surface area contributed by atoms with Gasteiger partial charge in [0.2, 0.25) is 0 Å². The molecular formula is C18H14BrCl2N3O3. The highest BCUT2D eigenvalue weighted by Gasteiger charge is 2.23. The minimum absolute atomic E-state index is 0.177. The van der Waals surface area contributed by atoms with Crippen molar-refractivity contribution in [2.75, 3.05) is 24.7 Å². The number of hydrazine groups is 1. The van der Waals surface area contributed by atoms with Crippen LogP contribution in [0, 0.1) is 11.3 Å².